The quantitative estimate of drug-likeness (QED) is 0.843. The van der Waals surface area contributed by atoms with Gasteiger partial charge in [-0.25, -0.2) is 0 Å². The van der Waals surface area contributed by atoms with Crippen LogP contribution in [0, 0.1) is 11.8 Å². The van der Waals surface area contributed by atoms with Crippen molar-refractivity contribution >= 4 is 5.91 Å². The van der Waals surface area contributed by atoms with E-state index >= 15 is 0 Å². The molecule has 0 unspecified atom stereocenters. The highest BCUT2D eigenvalue weighted by Gasteiger charge is 2.35. The van der Waals surface area contributed by atoms with Crippen LogP contribution < -0.4 is 0 Å². The van der Waals surface area contributed by atoms with Crippen LogP contribution in [0.4, 0.5) is 0 Å². The second kappa shape index (κ2) is 8.15. The smallest absolute Gasteiger partial charge is 0.225 e. The first kappa shape index (κ1) is 18.2. The first-order valence-corrected chi connectivity index (χ1v) is 9.98. The SMILES string of the molecule is CC(C)CN1CCC(C(=O)N2CCN([C@H]3CCC[C@@H]3O)CC2)CC1. The lowest BCUT2D eigenvalue weighted by Crippen LogP contribution is -2.55. The number of aliphatic hydroxyl groups excluding tert-OH is 1. The maximum atomic E-state index is 12.8. The monoisotopic (exact) mass is 337 g/mol. The van der Waals surface area contributed by atoms with E-state index in [-0.39, 0.29) is 12.0 Å². The maximum absolute atomic E-state index is 12.8. The van der Waals surface area contributed by atoms with E-state index in [1.165, 1.54) is 0 Å². The van der Waals surface area contributed by atoms with E-state index in [0.29, 0.717) is 17.9 Å². The number of piperidine rings is 1. The Morgan fingerprint density at radius 3 is 2.21 bits per heavy atom. The lowest BCUT2D eigenvalue weighted by atomic mass is 9.94. The van der Waals surface area contributed by atoms with Gasteiger partial charge in [0.15, 0.2) is 0 Å². The zero-order chi connectivity index (χ0) is 17.1. The average molecular weight is 338 g/mol. The molecular weight excluding hydrogens is 302 g/mol. The van der Waals surface area contributed by atoms with Crippen molar-refractivity contribution in [1.82, 2.24) is 14.7 Å². The van der Waals surface area contributed by atoms with Gasteiger partial charge in [0.25, 0.3) is 0 Å². The van der Waals surface area contributed by atoms with Crippen molar-refractivity contribution in [2.24, 2.45) is 11.8 Å². The van der Waals surface area contributed by atoms with Crippen LogP contribution in [0.15, 0.2) is 0 Å². The van der Waals surface area contributed by atoms with Gasteiger partial charge >= 0.3 is 0 Å². The van der Waals surface area contributed by atoms with Crippen LogP contribution >= 0.6 is 0 Å². The molecule has 3 fully saturated rings. The number of piperazine rings is 1. The van der Waals surface area contributed by atoms with Gasteiger partial charge in [-0.2, -0.15) is 0 Å². The summed E-state index contributed by atoms with van der Waals surface area (Å²) in [5.41, 5.74) is 0. The van der Waals surface area contributed by atoms with Crippen LogP contribution in [0.2, 0.25) is 0 Å². The average Bonchev–Trinajstić information content (AvgIpc) is 3.00. The maximum Gasteiger partial charge on any atom is 0.225 e. The van der Waals surface area contributed by atoms with Gasteiger partial charge in [-0.15, -0.1) is 0 Å². The normalized spacial score (nSPS) is 31.1. The van der Waals surface area contributed by atoms with Gasteiger partial charge in [-0.3, -0.25) is 9.69 Å². The van der Waals surface area contributed by atoms with E-state index in [2.05, 4.69) is 28.5 Å². The van der Waals surface area contributed by atoms with Gasteiger partial charge < -0.3 is 14.9 Å². The Hall–Kier alpha value is -0.650. The largest absolute Gasteiger partial charge is 0.391 e. The third-order valence-corrected chi connectivity index (χ3v) is 6.10. The summed E-state index contributed by atoms with van der Waals surface area (Å²) in [6.07, 6.45) is 5.08. The topological polar surface area (TPSA) is 47.0 Å². The van der Waals surface area contributed by atoms with Crippen LogP contribution in [-0.2, 0) is 4.79 Å². The Morgan fingerprint density at radius 2 is 1.67 bits per heavy atom. The van der Waals surface area contributed by atoms with Crippen LogP contribution in [0.5, 0.6) is 0 Å². The van der Waals surface area contributed by atoms with Crippen molar-refractivity contribution in [3.63, 3.8) is 0 Å². The molecule has 3 rings (SSSR count). The molecule has 0 aromatic carbocycles. The predicted molar refractivity (Wildman–Crippen MR) is 95.8 cm³/mol. The number of carbonyl (C=O) groups is 1. The van der Waals surface area contributed by atoms with Gasteiger partial charge in [-0.1, -0.05) is 13.8 Å². The van der Waals surface area contributed by atoms with Gasteiger partial charge in [-0.05, 0) is 51.1 Å². The number of carbonyl (C=O) groups excluding carboxylic acids is 1. The minimum Gasteiger partial charge on any atom is -0.391 e. The Labute approximate surface area is 147 Å². The minimum atomic E-state index is -0.155. The van der Waals surface area contributed by atoms with Crippen molar-refractivity contribution in [2.45, 2.75) is 58.1 Å². The van der Waals surface area contributed by atoms with Crippen molar-refractivity contribution < 1.29 is 9.90 Å². The van der Waals surface area contributed by atoms with Crippen molar-refractivity contribution in [1.29, 1.82) is 0 Å². The fourth-order valence-corrected chi connectivity index (χ4v) is 4.76. The molecule has 0 radical (unpaired) electrons. The molecule has 2 atom stereocenters. The Bertz CT molecular complexity index is 413. The molecule has 1 N–H and O–H groups in total. The first-order chi connectivity index (χ1) is 11.5. The number of hydrogen-bond acceptors (Lipinski definition) is 4. The van der Waals surface area contributed by atoms with E-state index in [4.69, 9.17) is 0 Å². The highest BCUT2D eigenvalue weighted by atomic mass is 16.3. The van der Waals surface area contributed by atoms with E-state index < -0.39 is 0 Å². The molecule has 2 heterocycles. The van der Waals surface area contributed by atoms with E-state index in [0.717, 1.165) is 77.9 Å². The van der Waals surface area contributed by atoms with Gasteiger partial charge in [0.05, 0.1) is 6.10 Å². The van der Waals surface area contributed by atoms with E-state index in [1.54, 1.807) is 0 Å². The number of hydrogen-bond donors (Lipinski definition) is 1. The van der Waals surface area contributed by atoms with Gasteiger partial charge in [0.1, 0.15) is 0 Å². The lowest BCUT2D eigenvalue weighted by Gasteiger charge is -2.41. The summed E-state index contributed by atoms with van der Waals surface area (Å²) in [7, 11) is 0. The minimum absolute atomic E-state index is 0.155. The summed E-state index contributed by atoms with van der Waals surface area (Å²) in [5, 5.41) is 10.1. The van der Waals surface area contributed by atoms with E-state index in [9.17, 15) is 9.90 Å². The first-order valence-electron chi connectivity index (χ1n) is 9.98. The molecule has 1 aliphatic carbocycles. The van der Waals surface area contributed by atoms with Crippen molar-refractivity contribution in [2.75, 3.05) is 45.8 Å². The molecule has 0 aromatic rings. The molecule has 1 saturated carbocycles. The number of aliphatic hydroxyl groups is 1. The molecule has 0 aromatic heterocycles. The highest BCUT2D eigenvalue weighted by molar-refractivity contribution is 5.79. The summed E-state index contributed by atoms with van der Waals surface area (Å²) in [6.45, 7) is 11.4. The molecule has 24 heavy (non-hydrogen) atoms. The summed E-state index contributed by atoms with van der Waals surface area (Å²) >= 11 is 0. The number of amides is 1. The Morgan fingerprint density at radius 1 is 1.00 bits per heavy atom. The lowest BCUT2D eigenvalue weighted by molar-refractivity contribution is -0.139. The molecule has 0 bridgehead atoms. The van der Waals surface area contributed by atoms with Crippen molar-refractivity contribution in [3.8, 4) is 0 Å². The van der Waals surface area contributed by atoms with Crippen molar-refractivity contribution in [3.05, 3.63) is 0 Å². The fraction of sp³-hybridized carbons (Fsp3) is 0.947. The summed E-state index contributed by atoms with van der Waals surface area (Å²) in [6, 6.07) is 0.335. The molecule has 0 spiro atoms. The van der Waals surface area contributed by atoms with Crippen LogP contribution in [0.25, 0.3) is 0 Å². The van der Waals surface area contributed by atoms with Crippen LogP contribution in [0.3, 0.4) is 0 Å². The number of likely N-dealkylation sites (tertiary alicyclic amines) is 1. The fourth-order valence-electron chi connectivity index (χ4n) is 4.76. The van der Waals surface area contributed by atoms with Gasteiger partial charge in [0, 0.05) is 44.7 Å². The molecule has 2 aliphatic heterocycles. The molecule has 2 saturated heterocycles. The molecule has 1 amide bonds. The molecule has 5 nitrogen and oxygen atoms in total. The number of rotatable bonds is 4. The van der Waals surface area contributed by atoms with Gasteiger partial charge in [0.2, 0.25) is 5.91 Å². The highest BCUT2D eigenvalue weighted by Crippen LogP contribution is 2.26. The Kier molecular flexibility index (Phi) is 6.17. The molecule has 3 aliphatic rings. The predicted octanol–water partition coefficient (Wildman–Crippen LogP) is 1.41. The number of nitrogens with zero attached hydrogens (tertiary/aromatic N) is 3. The van der Waals surface area contributed by atoms with Crippen LogP contribution in [-0.4, -0.2) is 83.7 Å². The molecular formula is C19H35N3O2. The molecule has 5 heteroatoms. The summed E-state index contributed by atoms with van der Waals surface area (Å²) < 4.78 is 0. The second-order valence-electron chi connectivity index (χ2n) is 8.40. The van der Waals surface area contributed by atoms with Crippen LogP contribution in [0.1, 0.15) is 46.0 Å². The Balaban J connectivity index is 1.42. The van der Waals surface area contributed by atoms with E-state index in [1.807, 2.05) is 0 Å². The third-order valence-electron chi connectivity index (χ3n) is 6.10. The zero-order valence-corrected chi connectivity index (χ0v) is 15.5. The summed E-state index contributed by atoms with van der Waals surface area (Å²) in [5.74, 6) is 1.32. The zero-order valence-electron chi connectivity index (χ0n) is 15.5. The third kappa shape index (κ3) is 4.30. The molecule has 138 valence electrons. The standard InChI is InChI=1S/C19H35N3O2/c1-15(2)14-20-8-6-16(7-9-20)19(24)22-12-10-21(11-13-22)17-4-3-5-18(17)23/h15-18,23H,3-14H2,1-2H3/t17-,18-/m0/s1. The summed E-state index contributed by atoms with van der Waals surface area (Å²) in [4.78, 5) is 19.8. The second-order valence-corrected chi connectivity index (χ2v) is 8.40.